The van der Waals surface area contributed by atoms with Gasteiger partial charge in [0.15, 0.2) is 0 Å². The molecule has 3 rings (SSSR count). The lowest BCUT2D eigenvalue weighted by Gasteiger charge is -2.51. The number of aliphatic hydroxyl groups is 1. The molecule has 2 saturated heterocycles. The van der Waals surface area contributed by atoms with Crippen LogP contribution in [0.4, 0.5) is 0 Å². The number of carbonyl (C=O) groups is 1. The molecule has 27 heavy (non-hydrogen) atoms. The van der Waals surface area contributed by atoms with Crippen LogP contribution in [0.5, 0.6) is 5.75 Å². The number of aromatic hydroxyl groups is 1. The number of ether oxygens (including phenoxy) is 1. The Morgan fingerprint density at radius 2 is 2.04 bits per heavy atom. The van der Waals surface area contributed by atoms with Crippen LogP contribution >= 0.6 is 0 Å². The number of likely N-dealkylation sites (tertiary alicyclic amines) is 2. The Morgan fingerprint density at radius 3 is 2.78 bits per heavy atom. The summed E-state index contributed by atoms with van der Waals surface area (Å²) >= 11 is 0. The minimum atomic E-state index is -0.356. The van der Waals surface area contributed by atoms with E-state index >= 15 is 0 Å². The standard InChI is InChI=1S/C21H32N2O4/c1-2-27-14-20(26)23-11-3-10-21(16-23)15-22(13-9-19(21)25)12-8-17-4-6-18(24)7-5-17/h4-7,19,24-25H,2-3,8-16H2,1H3/t19-,21-/m1/s1. The molecule has 0 aliphatic carbocycles. The van der Waals surface area contributed by atoms with Crippen molar-refractivity contribution in [3.8, 4) is 5.75 Å². The Kier molecular flexibility index (Phi) is 6.73. The highest BCUT2D eigenvalue weighted by Crippen LogP contribution is 2.38. The second-order valence-electron chi connectivity index (χ2n) is 7.92. The van der Waals surface area contributed by atoms with Crippen LogP contribution in [0.1, 0.15) is 31.7 Å². The summed E-state index contributed by atoms with van der Waals surface area (Å²) in [4.78, 5) is 16.7. The highest BCUT2D eigenvalue weighted by atomic mass is 16.5. The fourth-order valence-electron chi connectivity index (χ4n) is 4.44. The SMILES string of the molecule is CCOCC(=O)N1CCC[C@@]2(CN(CCc3ccc(O)cc3)CC[C@H]2O)C1. The van der Waals surface area contributed by atoms with Crippen molar-refractivity contribution >= 4 is 5.91 Å². The summed E-state index contributed by atoms with van der Waals surface area (Å²) in [5.74, 6) is 0.321. The number of aliphatic hydroxyl groups excluding tert-OH is 1. The Hall–Kier alpha value is -1.63. The molecule has 1 aromatic carbocycles. The van der Waals surface area contributed by atoms with Crippen LogP contribution in [0.2, 0.25) is 0 Å². The molecule has 0 bridgehead atoms. The molecule has 2 fully saturated rings. The predicted molar refractivity (Wildman–Crippen MR) is 104 cm³/mol. The molecule has 6 nitrogen and oxygen atoms in total. The Balaban J connectivity index is 1.59. The zero-order valence-corrected chi connectivity index (χ0v) is 16.3. The highest BCUT2D eigenvalue weighted by Gasteiger charge is 2.46. The van der Waals surface area contributed by atoms with Crippen molar-refractivity contribution < 1.29 is 19.7 Å². The van der Waals surface area contributed by atoms with Gasteiger partial charge in [-0.05, 0) is 50.3 Å². The molecule has 2 N–H and O–H groups in total. The number of hydrogen-bond donors (Lipinski definition) is 2. The van der Waals surface area contributed by atoms with Crippen molar-refractivity contribution in [2.24, 2.45) is 5.41 Å². The Morgan fingerprint density at radius 1 is 1.26 bits per heavy atom. The van der Waals surface area contributed by atoms with Gasteiger partial charge in [-0.15, -0.1) is 0 Å². The predicted octanol–water partition coefficient (Wildman–Crippen LogP) is 1.65. The van der Waals surface area contributed by atoms with Gasteiger partial charge in [0, 0.05) is 44.7 Å². The number of amides is 1. The molecule has 0 radical (unpaired) electrons. The quantitative estimate of drug-likeness (QED) is 0.790. The third kappa shape index (κ3) is 5.00. The zero-order valence-electron chi connectivity index (χ0n) is 16.3. The molecule has 2 heterocycles. The first-order valence-electron chi connectivity index (χ1n) is 10.1. The van der Waals surface area contributed by atoms with Gasteiger partial charge < -0.3 is 24.7 Å². The van der Waals surface area contributed by atoms with E-state index in [4.69, 9.17) is 4.74 Å². The largest absolute Gasteiger partial charge is 0.508 e. The summed E-state index contributed by atoms with van der Waals surface area (Å²) in [5.41, 5.74) is 0.970. The van der Waals surface area contributed by atoms with E-state index in [1.54, 1.807) is 12.1 Å². The van der Waals surface area contributed by atoms with E-state index < -0.39 is 0 Å². The number of rotatable bonds is 6. The van der Waals surface area contributed by atoms with Crippen molar-refractivity contribution in [2.75, 3.05) is 45.9 Å². The molecule has 2 aliphatic rings. The molecule has 2 aliphatic heterocycles. The van der Waals surface area contributed by atoms with Crippen LogP contribution < -0.4 is 0 Å². The lowest BCUT2D eigenvalue weighted by Crippen LogP contribution is -2.60. The maximum absolute atomic E-state index is 12.4. The van der Waals surface area contributed by atoms with Gasteiger partial charge in [-0.2, -0.15) is 0 Å². The molecule has 1 aromatic rings. The number of phenolic OH excluding ortho intramolecular Hbond substituents is 1. The van der Waals surface area contributed by atoms with Gasteiger partial charge in [-0.25, -0.2) is 0 Å². The summed E-state index contributed by atoms with van der Waals surface area (Å²) in [5, 5.41) is 20.2. The van der Waals surface area contributed by atoms with Crippen molar-refractivity contribution in [1.29, 1.82) is 0 Å². The molecule has 150 valence electrons. The van der Waals surface area contributed by atoms with Crippen LogP contribution in [0, 0.1) is 5.41 Å². The lowest BCUT2D eigenvalue weighted by molar-refractivity contribution is -0.145. The Labute approximate surface area is 161 Å². The van der Waals surface area contributed by atoms with Crippen LogP contribution in [-0.4, -0.2) is 78.0 Å². The van der Waals surface area contributed by atoms with Crippen molar-refractivity contribution in [3.05, 3.63) is 29.8 Å². The number of benzene rings is 1. The normalized spacial score (nSPS) is 26.4. The first-order chi connectivity index (χ1) is 13.0. The molecule has 0 aromatic heterocycles. The summed E-state index contributed by atoms with van der Waals surface area (Å²) in [6, 6.07) is 7.36. The van der Waals surface area contributed by atoms with E-state index in [0.717, 1.165) is 51.9 Å². The molecular formula is C21H32N2O4. The van der Waals surface area contributed by atoms with Crippen LogP contribution in [0.25, 0.3) is 0 Å². The first-order valence-corrected chi connectivity index (χ1v) is 10.1. The monoisotopic (exact) mass is 376 g/mol. The second kappa shape index (κ2) is 9.04. The fraction of sp³-hybridized carbons (Fsp3) is 0.667. The van der Waals surface area contributed by atoms with E-state index in [0.29, 0.717) is 13.2 Å². The van der Waals surface area contributed by atoms with E-state index in [2.05, 4.69) is 4.90 Å². The summed E-state index contributed by atoms with van der Waals surface area (Å²) in [6.07, 6.45) is 3.20. The molecule has 1 spiro atoms. The van der Waals surface area contributed by atoms with E-state index in [9.17, 15) is 15.0 Å². The Bertz CT molecular complexity index is 621. The molecule has 0 unspecified atom stereocenters. The van der Waals surface area contributed by atoms with Gasteiger partial charge in [0.25, 0.3) is 0 Å². The van der Waals surface area contributed by atoms with Gasteiger partial charge in [-0.1, -0.05) is 12.1 Å². The van der Waals surface area contributed by atoms with Gasteiger partial charge in [0.2, 0.25) is 5.91 Å². The smallest absolute Gasteiger partial charge is 0.248 e. The molecule has 0 saturated carbocycles. The molecule has 2 atom stereocenters. The van der Waals surface area contributed by atoms with E-state index in [-0.39, 0.29) is 29.8 Å². The minimum absolute atomic E-state index is 0.0318. The highest BCUT2D eigenvalue weighted by molar-refractivity contribution is 5.77. The first kappa shape index (κ1) is 20.1. The maximum atomic E-state index is 12.4. The summed E-state index contributed by atoms with van der Waals surface area (Å²) in [7, 11) is 0. The van der Waals surface area contributed by atoms with Crippen molar-refractivity contribution in [3.63, 3.8) is 0 Å². The third-order valence-electron chi connectivity index (χ3n) is 6.01. The molecule has 1 amide bonds. The lowest BCUT2D eigenvalue weighted by atomic mass is 9.71. The number of phenols is 1. The second-order valence-corrected chi connectivity index (χ2v) is 7.92. The van der Waals surface area contributed by atoms with Crippen LogP contribution in [0.3, 0.4) is 0 Å². The van der Waals surface area contributed by atoms with Crippen LogP contribution in [0.15, 0.2) is 24.3 Å². The average molecular weight is 376 g/mol. The third-order valence-corrected chi connectivity index (χ3v) is 6.01. The average Bonchev–Trinajstić information content (AvgIpc) is 2.68. The van der Waals surface area contributed by atoms with Gasteiger partial charge in [0.05, 0.1) is 6.10 Å². The maximum Gasteiger partial charge on any atom is 0.248 e. The van der Waals surface area contributed by atoms with Crippen molar-refractivity contribution in [1.82, 2.24) is 9.80 Å². The van der Waals surface area contributed by atoms with Crippen molar-refractivity contribution in [2.45, 2.75) is 38.7 Å². The topological polar surface area (TPSA) is 73.2 Å². The zero-order chi connectivity index (χ0) is 19.3. The van der Waals surface area contributed by atoms with Crippen LogP contribution in [-0.2, 0) is 16.0 Å². The van der Waals surface area contributed by atoms with Gasteiger partial charge in [0.1, 0.15) is 12.4 Å². The number of nitrogens with zero attached hydrogens (tertiary/aromatic N) is 2. The minimum Gasteiger partial charge on any atom is -0.508 e. The number of piperidine rings is 2. The fourth-order valence-corrected chi connectivity index (χ4v) is 4.44. The number of carbonyl (C=O) groups excluding carboxylic acids is 1. The van der Waals surface area contributed by atoms with Gasteiger partial charge >= 0.3 is 0 Å². The van der Waals surface area contributed by atoms with E-state index in [1.165, 1.54) is 5.56 Å². The molecule has 6 heteroatoms. The summed E-state index contributed by atoms with van der Waals surface area (Å²) < 4.78 is 5.29. The number of hydrogen-bond acceptors (Lipinski definition) is 5. The molecular weight excluding hydrogens is 344 g/mol. The van der Waals surface area contributed by atoms with E-state index in [1.807, 2.05) is 24.0 Å². The van der Waals surface area contributed by atoms with Gasteiger partial charge in [-0.3, -0.25) is 4.79 Å². The summed E-state index contributed by atoms with van der Waals surface area (Å²) in [6.45, 7) is 6.57.